The van der Waals surface area contributed by atoms with Gasteiger partial charge in [-0.1, -0.05) is 85.5 Å². The first kappa shape index (κ1) is 27.0. The number of ether oxygens (including phenoxy) is 4. The maximum Gasteiger partial charge on any atom is 0.187 e. The zero-order valence-electron chi connectivity index (χ0n) is 21.5. The highest BCUT2D eigenvalue weighted by Crippen LogP contribution is 2.40. The molecule has 0 aromatic rings. The van der Waals surface area contributed by atoms with E-state index in [2.05, 4.69) is 39.9 Å². The average Bonchev–Trinajstić information content (AvgIpc) is 3.17. The summed E-state index contributed by atoms with van der Waals surface area (Å²) in [6.07, 6.45) is 12.6. The van der Waals surface area contributed by atoms with E-state index in [9.17, 15) is 0 Å². The molecule has 1 N–H and O–H groups in total. The van der Waals surface area contributed by atoms with Crippen LogP contribution >= 0.6 is 0 Å². The Hall–Kier alpha value is -0.200. The molecule has 0 aliphatic carbocycles. The Labute approximate surface area is 192 Å². The summed E-state index contributed by atoms with van der Waals surface area (Å²) in [4.78, 5) is 0. The average molecular weight is 442 g/mol. The smallest absolute Gasteiger partial charge is 0.187 e. The second kappa shape index (κ2) is 12.9. The van der Waals surface area contributed by atoms with E-state index in [0.717, 1.165) is 19.6 Å². The molecule has 184 valence electrons. The minimum atomic E-state index is -0.583. The number of unbranched alkanes of at least 4 members (excludes halogenated alkanes) is 9. The van der Waals surface area contributed by atoms with Gasteiger partial charge in [0.2, 0.25) is 0 Å². The largest absolute Gasteiger partial charge is 0.350 e. The second-order valence-corrected chi connectivity index (χ2v) is 11.3. The third-order valence-corrected chi connectivity index (χ3v) is 6.27. The fourth-order valence-corrected chi connectivity index (χ4v) is 4.50. The number of hydrogen-bond donors (Lipinski definition) is 1. The van der Waals surface area contributed by atoms with Gasteiger partial charge in [-0.05, 0) is 32.6 Å². The van der Waals surface area contributed by atoms with Crippen LogP contribution in [0, 0.1) is 5.41 Å². The van der Waals surface area contributed by atoms with Crippen molar-refractivity contribution >= 4 is 0 Å². The molecule has 0 aromatic carbocycles. The molecule has 0 bridgehead atoms. The van der Waals surface area contributed by atoms with Crippen LogP contribution in [0.25, 0.3) is 0 Å². The van der Waals surface area contributed by atoms with Gasteiger partial charge in [-0.15, -0.1) is 0 Å². The van der Waals surface area contributed by atoms with Crippen LogP contribution in [-0.2, 0) is 18.9 Å². The molecule has 5 heteroatoms. The highest BCUT2D eigenvalue weighted by atomic mass is 16.8. The predicted octanol–water partition coefficient (Wildman–Crippen LogP) is 6.19. The molecule has 2 heterocycles. The van der Waals surface area contributed by atoms with E-state index in [1.807, 2.05) is 13.8 Å². The topological polar surface area (TPSA) is 49.0 Å². The molecular weight excluding hydrogens is 390 g/mol. The molecule has 0 spiro atoms. The fourth-order valence-electron chi connectivity index (χ4n) is 4.50. The Bertz CT molecular complexity index is 490. The van der Waals surface area contributed by atoms with Crippen LogP contribution in [-0.4, -0.2) is 49.6 Å². The van der Waals surface area contributed by atoms with E-state index in [1.54, 1.807) is 0 Å². The van der Waals surface area contributed by atoms with Gasteiger partial charge in [-0.2, -0.15) is 0 Å². The van der Waals surface area contributed by atoms with Crippen LogP contribution in [0.4, 0.5) is 0 Å². The Morgan fingerprint density at radius 2 is 1.42 bits per heavy atom. The summed E-state index contributed by atoms with van der Waals surface area (Å²) in [5.41, 5.74) is 0.226. The number of nitrogens with one attached hydrogen (secondary N) is 1. The van der Waals surface area contributed by atoms with Crippen LogP contribution in [0.3, 0.4) is 0 Å². The van der Waals surface area contributed by atoms with Crippen LogP contribution in [0.15, 0.2) is 0 Å². The van der Waals surface area contributed by atoms with Gasteiger partial charge in [-0.25, -0.2) is 0 Å². The van der Waals surface area contributed by atoms with E-state index in [4.69, 9.17) is 18.9 Å². The quantitative estimate of drug-likeness (QED) is 0.307. The van der Waals surface area contributed by atoms with E-state index in [0.29, 0.717) is 0 Å². The summed E-state index contributed by atoms with van der Waals surface area (Å²) in [7, 11) is 0. The molecule has 0 aromatic heterocycles. The summed E-state index contributed by atoms with van der Waals surface area (Å²) < 4.78 is 24.8. The lowest BCUT2D eigenvalue weighted by Gasteiger charge is -2.29. The van der Waals surface area contributed by atoms with Gasteiger partial charge >= 0.3 is 0 Å². The Balaban J connectivity index is 1.67. The van der Waals surface area contributed by atoms with Gasteiger partial charge in [0.1, 0.15) is 18.3 Å². The molecule has 2 aliphatic heterocycles. The zero-order valence-corrected chi connectivity index (χ0v) is 21.5. The van der Waals surface area contributed by atoms with Crippen molar-refractivity contribution in [3.63, 3.8) is 0 Å². The standard InChI is InChI=1S/C26H51NO4/c1-8-9-10-11-12-13-14-15-16-17-18-28-24-23-22(30-26(6,7)31-23)21(29-24)20(2)27-19-25(3,4)5/h20-24,27H,8-19H2,1-7H3/t20-,21+,22-,23-,24-/m0/s1. The molecule has 2 aliphatic rings. The molecule has 2 fully saturated rings. The van der Waals surface area contributed by atoms with Crippen LogP contribution < -0.4 is 5.32 Å². The zero-order chi connectivity index (χ0) is 22.9. The third kappa shape index (κ3) is 9.67. The summed E-state index contributed by atoms with van der Waals surface area (Å²) in [5, 5.41) is 3.62. The van der Waals surface area contributed by atoms with Gasteiger partial charge in [0, 0.05) is 19.2 Å². The molecule has 31 heavy (non-hydrogen) atoms. The van der Waals surface area contributed by atoms with E-state index in [-0.39, 0.29) is 36.1 Å². The van der Waals surface area contributed by atoms with Crippen molar-refractivity contribution in [2.75, 3.05) is 13.2 Å². The van der Waals surface area contributed by atoms with Crippen molar-refractivity contribution in [3.8, 4) is 0 Å². The highest BCUT2D eigenvalue weighted by Gasteiger charge is 2.57. The van der Waals surface area contributed by atoms with Gasteiger partial charge in [-0.3, -0.25) is 0 Å². The Morgan fingerprint density at radius 3 is 2.00 bits per heavy atom. The van der Waals surface area contributed by atoms with Gasteiger partial charge in [0.25, 0.3) is 0 Å². The molecule has 5 atom stereocenters. The molecule has 2 saturated heterocycles. The lowest BCUT2D eigenvalue weighted by atomic mass is 9.95. The van der Waals surface area contributed by atoms with Gasteiger partial charge < -0.3 is 24.3 Å². The molecule has 0 radical (unpaired) electrons. The molecule has 0 amide bonds. The molecule has 0 unspecified atom stereocenters. The number of rotatable bonds is 15. The van der Waals surface area contributed by atoms with Gasteiger partial charge in [0.05, 0.1) is 0 Å². The fraction of sp³-hybridized carbons (Fsp3) is 1.00. The summed E-state index contributed by atoms with van der Waals surface area (Å²) in [6.45, 7) is 16.8. The normalized spacial score (nSPS) is 28.7. The first-order chi connectivity index (χ1) is 14.6. The van der Waals surface area contributed by atoms with Crippen molar-refractivity contribution in [1.29, 1.82) is 0 Å². The number of fused-ring (bicyclic) bond motifs is 1. The summed E-state index contributed by atoms with van der Waals surface area (Å²) >= 11 is 0. The highest BCUT2D eigenvalue weighted by molar-refractivity contribution is 4.99. The molecule has 5 nitrogen and oxygen atoms in total. The lowest BCUT2D eigenvalue weighted by Crippen LogP contribution is -2.47. The minimum Gasteiger partial charge on any atom is -0.350 e. The molecule has 2 rings (SSSR count). The first-order valence-electron chi connectivity index (χ1n) is 13.0. The lowest BCUT2D eigenvalue weighted by molar-refractivity contribution is -0.236. The maximum absolute atomic E-state index is 6.31. The molecule has 0 saturated carbocycles. The SMILES string of the molecule is CCCCCCCCCCCCO[C@H]1O[C@H]([C@H](C)NCC(C)(C)C)[C@@H]2OC(C)(C)O[C@H]12. The second-order valence-electron chi connectivity index (χ2n) is 11.3. The van der Waals surface area contributed by atoms with Crippen molar-refractivity contribution < 1.29 is 18.9 Å². The van der Waals surface area contributed by atoms with Crippen molar-refractivity contribution in [3.05, 3.63) is 0 Å². The summed E-state index contributed by atoms with van der Waals surface area (Å²) in [5.74, 6) is -0.583. The van der Waals surface area contributed by atoms with Crippen LogP contribution in [0.5, 0.6) is 0 Å². The molecular formula is C26H51NO4. The first-order valence-corrected chi connectivity index (χ1v) is 13.0. The van der Waals surface area contributed by atoms with E-state index in [1.165, 1.54) is 57.8 Å². The van der Waals surface area contributed by atoms with Crippen molar-refractivity contribution in [2.24, 2.45) is 5.41 Å². The Kier molecular flexibility index (Phi) is 11.2. The Morgan fingerprint density at radius 1 is 0.871 bits per heavy atom. The van der Waals surface area contributed by atoms with Crippen molar-refractivity contribution in [2.45, 2.75) is 149 Å². The van der Waals surface area contributed by atoms with Crippen LogP contribution in [0.2, 0.25) is 0 Å². The summed E-state index contributed by atoms with van der Waals surface area (Å²) in [6, 6.07) is 0.176. The van der Waals surface area contributed by atoms with E-state index >= 15 is 0 Å². The third-order valence-electron chi connectivity index (χ3n) is 6.27. The monoisotopic (exact) mass is 441 g/mol. The predicted molar refractivity (Wildman–Crippen MR) is 127 cm³/mol. The van der Waals surface area contributed by atoms with Gasteiger partial charge in [0.15, 0.2) is 12.1 Å². The minimum absolute atomic E-state index is 0.0631. The van der Waals surface area contributed by atoms with E-state index < -0.39 is 5.79 Å². The maximum atomic E-state index is 6.31. The van der Waals surface area contributed by atoms with Crippen molar-refractivity contribution in [1.82, 2.24) is 5.32 Å². The number of hydrogen-bond acceptors (Lipinski definition) is 5. The van der Waals surface area contributed by atoms with Crippen LogP contribution in [0.1, 0.15) is 113 Å².